The van der Waals surface area contributed by atoms with Crippen LogP contribution in [0.3, 0.4) is 0 Å². The molecule has 0 saturated carbocycles. The summed E-state index contributed by atoms with van der Waals surface area (Å²) < 4.78 is 5.86. The predicted molar refractivity (Wildman–Crippen MR) is 79.5 cm³/mol. The molecule has 0 atom stereocenters. The van der Waals surface area contributed by atoms with Crippen LogP contribution in [0.15, 0.2) is 42.6 Å². The van der Waals surface area contributed by atoms with Gasteiger partial charge in [-0.3, -0.25) is 4.79 Å². The second-order valence-electron chi connectivity index (χ2n) is 5.79. The van der Waals surface area contributed by atoms with Crippen molar-refractivity contribution in [2.75, 3.05) is 0 Å². The third-order valence-electron chi connectivity index (χ3n) is 3.05. The van der Waals surface area contributed by atoms with Crippen molar-refractivity contribution in [2.24, 2.45) is 0 Å². The van der Waals surface area contributed by atoms with Crippen LogP contribution in [0.1, 0.15) is 43.6 Å². The first-order valence-electron chi connectivity index (χ1n) is 6.62. The van der Waals surface area contributed by atoms with Crippen LogP contribution in [0, 0.1) is 0 Å². The molecule has 2 aromatic rings. The molecule has 1 aromatic carbocycles. The number of hydrogen-bond acceptors (Lipinski definition) is 3. The summed E-state index contributed by atoms with van der Waals surface area (Å²) in [6, 6.07) is 11.2. The normalized spacial score (nSPS) is 11.2. The van der Waals surface area contributed by atoms with Gasteiger partial charge < -0.3 is 4.74 Å². The van der Waals surface area contributed by atoms with Crippen molar-refractivity contribution in [3.05, 3.63) is 53.7 Å². The number of carbonyl (C=O) groups excluding carboxylic acids is 1. The number of ketones is 1. The lowest BCUT2D eigenvalue weighted by molar-refractivity contribution is 0.101. The summed E-state index contributed by atoms with van der Waals surface area (Å²) in [5.74, 6) is 1.21. The van der Waals surface area contributed by atoms with Crippen LogP contribution in [0.4, 0.5) is 0 Å². The summed E-state index contributed by atoms with van der Waals surface area (Å²) in [7, 11) is 0. The van der Waals surface area contributed by atoms with Gasteiger partial charge in [0.15, 0.2) is 5.78 Å². The van der Waals surface area contributed by atoms with E-state index in [1.807, 2.05) is 24.3 Å². The second-order valence-corrected chi connectivity index (χ2v) is 5.79. The van der Waals surface area contributed by atoms with Gasteiger partial charge in [-0.1, -0.05) is 39.0 Å². The molecule has 20 heavy (non-hydrogen) atoms. The first kappa shape index (κ1) is 14.3. The van der Waals surface area contributed by atoms with E-state index in [4.69, 9.17) is 4.74 Å². The Hall–Kier alpha value is -2.16. The van der Waals surface area contributed by atoms with Crippen LogP contribution in [0.5, 0.6) is 11.6 Å². The first-order valence-corrected chi connectivity index (χ1v) is 6.62. The minimum absolute atomic E-state index is 0.00126. The molecule has 0 spiro atoms. The number of carbonyl (C=O) groups is 1. The number of aromatic nitrogens is 1. The van der Waals surface area contributed by atoms with Crippen molar-refractivity contribution >= 4 is 5.78 Å². The summed E-state index contributed by atoms with van der Waals surface area (Å²) in [6.45, 7) is 7.93. The maximum absolute atomic E-state index is 11.4. The van der Waals surface area contributed by atoms with Crippen molar-refractivity contribution in [1.82, 2.24) is 4.98 Å². The molecular formula is C17H19NO2. The molecule has 0 saturated heterocycles. The molecule has 2 rings (SSSR count). The van der Waals surface area contributed by atoms with Crippen LogP contribution >= 0.6 is 0 Å². The number of para-hydroxylation sites is 1. The number of pyridine rings is 1. The van der Waals surface area contributed by atoms with E-state index in [0.29, 0.717) is 11.4 Å². The van der Waals surface area contributed by atoms with E-state index in [1.54, 1.807) is 18.3 Å². The molecule has 0 aliphatic heterocycles. The zero-order valence-electron chi connectivity index (χ0n) is 12.3. The van der Waals surface area contributed by atoms with Gasteiger partial charge in [-0.2, -0.15) is 0 Å². The molecule has 0 bridgehead atoms. The van der Waals surface area contributed by atoms with E-state index in [9.17, 15) is 4.79 Å². The highest BCUT2D eigenvalue weighted by atomic mass is 16.5. The maximum Gasteiger partial charge on any atom is 0.219 e. The van der Waals surface area contributed by atoms with E-state index < -0.39 is 0 Å². The lowest BCUT2D eigenvalue weighted by Gasteiger charge is -2.22. The highest BCUT2D eigenvalue weighted by Crippen LogP contribution is 2.33. The van der Waals surface area contributed by atoms with Gasteiger partial charge in [-0.05, 0) is 24.5 Å². The van der Waals surface area contributed by atoms with Gasteiger partial charge >= 0.3 is 0 Å². The molecule has 3 heteroatoms. The quantitative estimate of drug-likeness (QED) is 0.776. The van der Waals surface area contributed by atoms with Gasteiger partial charge in [-0.15, -0.1) is 0 Å². The standard InChI is InChI=1S/C17H19NO2/c1-12(19)13-9-10-18-16(11-13)20-15-8-6-5-7-14(15)17(2,3)4/h5-11H,1-4H3. The minimum Gasteiger partial charge on any atom is -0.439 e. The van der Waals surface area contributed by atoms with Crippen LogP contribution in [-0.4, -0.2) is 10.8 Å². The topological polar surface area (TPSA) is 39.2 Å². The molecule has 0 amide bonds. The first-order chi connectivity index (χ1) is 9.38. The fourth-order valence-corrected chi connectivity index (χ4v) is 1.97. The predicted octanol–water partition coefficient (Wildman–Crippen LogP) is 4.37. The minimum atomic E-state index is -0.0191. The second kappa shape index (κ2) is 5.45. The van der Waals surface area contributed by atoms with Gasteiger partial charge in [0.2, 0.25) is 5.88 Å². The van der Waals surface area contributed by atoms with Gasteiger partial charge in [-0.25, -0.2) is 4.98 Å². The molecule has 1 heterocycles. The lowest BCUT2D eigenvalue weighted by Crippen LogP contribution is -2.12. The number of benzene rings is 1. The van der Waals surface area contributed by atoms with Gasteiger partial charge in [0.05, 0.1) is 0 Å². The van der Waals surface area contributed by atoms with Gasteiger partial charge in [0, 0.05) is 23.4 Å². The van der Waals surface area contributed by atoms with E-state index >= 15 is 0 Å². The SMILES string of the molecule is CC(=O)c1ccnc(Oc2ccccc2C(C)(C)C)c1. The van der Waals surface area contributed by atoms with Crippen molar-refractivity contribution < 1.29 is 9.53 Å². The Morgan fingerprint density at radius 2 is 1.85 bits per heavy atom. The Morgan fingerprint density at radius 1 is 1.15 bits per heavy atom. The van der Waals surface area contributed by atoms with Crippen LogP contribution in [0.2, 0.25) is 0 Å². The maximum atomic E-state index is 11.4. The third kappa shape index (κ3) is 3.23. The van der Waals surface area contributed by atoms with E-state index in [0.717, 1.165) is 11.3 Å². The van der Waals surface area contributed by atoms with Crippen molar-refractivity contribution in [1.29, 1.82) is 0 Å². The number of ether oxygens (including phenoxy) is 1. The summed E-state index contributed by atoms with van der Waals surface area (Å²) in [6.07, 6.45) is 1.59. The molecule has 0 N–H and O–H groups in total. The molecule has 0 unspecified atom stereocenters. The Bertz CT molecular complexity index is 627. The van der Waals surface area contributed by atoms with Gasteiger partial charge in [0.1, 0.15) is 5.75 Å². The molecule has 1 aromatic heterocycles. The van der Waals surface area contributed by atoms with Crippen LogP contribution < -0.4 is 4.74 Å². The molecule has 0 fully saturated rings. The fraction of sp³-hybridized carbons (Fsp3) is 0.294. The zero-order chi connectivity index (χ0) is 14.8. The van der Waals surface area contributed by atoms with Gasteiger partial charge in [0.25, 0.3) is 0 Å². The molecule has 104 valence electrons. The highest BCUT2D eigenvalue weighted by molar-refractivity contribution is 5.94. The van der Waals surface area contributed by atoms with Crippen LogP contribution in [-0.2, 0) is 5.41 Å². The zero-order valence-corrected chi connectivity index (χ0v) is 12.3. The average Bonchev–Trinajstić information content (AvgIpc) is 2.38. The smallest absolute Gasteiger partial charge is 0.219 e. The summed E-state index contributed by atoms with van der Waals surface area (Å²) in [5, 5.41) is 0. The number of hydrogen-bond donors (Lipinski definition) is 0. The average molecular weight is 269 g/mol. The number of Topliss-reactive ketones (excluding diaryl/α,β-unsaturated/α-hetero) is 1. The fourth-order valence-electron chi connectivity index (χ4n) is 1.97. The molecule has 0 aliphatic carbocycles. The summed E-state index contributed by atoms with van der Waals surface area (Å²) in [5.41, 5.74) is 1.69. The lowest BCUT2D eigenvalue weighted by atomic mass is 9.86. The molecule has 0 radical (unpaired) electrons. The van der Waals surface area contributed by atoms with Crippen molar-refractivity contribution in [2.45, 2.75) is 33.1 Å². The summed E-state index contributed by atoms with van der Waals surface area (Å²) in [4.78, 5) is 15.6. The van der Waals surface area contributed by atoms with Crippen LogP contribution in [0.25, 0.3) is 0 Å². The highest BCUT2D eigenvalue weighted by Gasteiger charge is 2.19. The third-order valence-corrected chi connectivity index (χ3v) is 3.05. The van der Waals surface area contributed by atoms with E-state index in [2.05, 4.69) is 25.8 Å². The Labute approximate surface area is 119 Å². The van der Waals surface area contributed by atoms with Crippen molar-refractivity contribution in [3.8, 4) is 11.6 Å². The molecule has 3 nitrogen and oxygen atoms in total. The number of nitrogens with zero attached hydrogens (tertiary/aromatic N) is 1. The Balaban J connectivity index is 2.36. The number of rotatable bonds is 3. The Morgan fingerprint density at radius 3 is 2.50 bits per heavy atom. The molecule has 0 aliphatic rings. The summed E-state index contributed by atoms with van der Waals surface area (Å²) >= 11 is 0. The monoisotopic (exact) mass is 269 g/mol. The Kier molecular flexibility index (Phi) is 3.89. The van der Waals surface area contributed by atoms with Crippen molar-refractivity contribution in [3.63, 3.8) is 0 Å². The van der Waals surface area contributed by atoms with E-state index in [1.165, 1.54) is 6.92 Å². The largest absolute Gasteiger partial charge is 0.439 e. The van der Waals surface area contributed by atoms with E-state index in [-0.39, 0.29) is 11.2 Å². The molecular weight excluding hydrogens is 250 g/mol.